The van der Waals surface area contributed by atoms with Crippen LogP contribution in [0.4, 0.5) is 4.79 Å². The van der Waals surface area contributed by atoms with E-state index in [2.05, 4.69) is 5.32 Å². The number of hydrogen-bond donors (Lipinski definition) is 1. The fourth-order valence-electron chi connectivity index (χ4n) is 1.54. The van der Waals surface area contributed by atoms with Gasteiger partial charge < -0.3 is 10.2 Å². The van der Waals surface area contributed by atoms with Crippen molar-refractivity contribution in [1.82, 2.24) is 10.2 Å². The molecule has 1 fully saturated rings. The molecule has 0 aliphatic carbocycles. The van der Waals surface area contributed by atoms with Gasteiger partial charge in [0.25, 0.3) is 0 Å². The number of urea groups is 1. The van der Waals surface area contributed by atoms with Gasteiger partial charge in [-0.15, -0.1) is 0 Å². The standard InChI is InChI=1S/C10H12N2O/c1-12-7-9(11-10(12)13)8-5-3-2-4-6-8/h2-6,9H,7H2,1H3,(H,11,13). The Kier molecular flexibility index (Phi) is 1.93. The Morgan fingerprint density at radius 1 is 1.38 bits per heavy atom. The summed E-state index contributed by atoms with van der Waals surface area (Å²) in [4.78, 5) is 12.9. The van der Waals surface area contributed by atoms with Crippen molar-refractivity contribution < 1.29 is 4.79 Å². The van der Waals surface area contributed by atoms with Crippen molar-refractivity contribution in [3.05, 3.63) is 35.9 Å². The van der Waals surface area contributed by atoms with Crippen LogP contribution in [0, 0.1) is 0 Å². The van der Waals surface area contributed by atoms with E-state index in [1.807, 2.05) is 30.3 Å². The number of hydrogen-bond acceptors (Lipinski definition) is 1. The number of carbonyl (C=O) groups is 1. The summed E-state index contributed by atoms with van der Waals surface area (Å²) in [5, 5.41) is 2.91. The quantitative estimate of drug-likeness (QED) is 0.689. The number of benzene rings is 1. The molecule has 1 atom stereocenters. The zero-order valence-electron chi connectivity index (χ0n) is 7.53. The van der Waals surface area contributed by atoms with Crippen LogP contribution in [0.2, 0.25) is 0 Å². The molecule has 0 radical (unpaired) electrons. The van der Waals surface area contributed by atoms with Crippen molar-refractivity contribution in [2.24, 2.45) is 0 Å². The number of nitrogens with zero attached hydrogens (tertiary/aromatic N) is 1. The predicted octanol–water partition coefficient (Wildman–Crippen LogP) is 1.38. The highest BCUT2D eigenvalue weighted by molar-refractivity contribution is 5.76. The van der Waals surface area contributed by atoms with Crippen LogP contribution in [0.15, 0.2) is 30.3 Å². The van der Waals surface area contributed by atoms with E-state index in [0.717, 1.165) is 6.54 Å². The van der Waals surface area contributed by atoms with Gasteiger partial charge in [-0.25, -0.2) is 4.79 Å². The van der Waals surface area contributed by atoms with Crippen LogP contribution in [-0.4, -0.2) is 24.5 Å². The van der Waals surface area contributed by atoms with Crippen LogP contribution in [0.25, 0.3) is 0 Å². The lowest BCUT2D eigenvalue weighted by atomic mass is 10.1. The first-order valence-corrected chi connectivity index (χ1v) is 4.34. The van der Waals surface area contributed by atoms with E-state index in [-0.39, 0.29) is 12.1 Å². The Labute approximate surface area is 77.4 Å². The van der Waals surface area contributed by atoms with Crippen LogP contribution in [-0.2, 0) is 0 Å². The van der Waals surface area contributed by atoms with Gasteiger partial charge in [0.15, 0.2) is 0 Å². The first-order valence-electron chi connectivity index (χ1n) is 4.34. The summed E-state index contributed by atoms with van der Waals surface area (Å²) in [5.41, 5.74) is 1.17. The summed E-state index contributed by atoms with van der Waals surface area (Å²) < 4.78 is 0. The van der Waals surface area contributed by atoms with E-state index >= 15 is 0 Å². The molecule has 1 aliphatic heterocycles. The van der Waals surface area contributed by atoms with Gasteiger partial charge in [-0.1, -0.05) is 30.3 Å². The third kappa shape index (κ3) is 1.49. The first-order chi connectivity index (χ1) is 6.27. The van der Waals surface area contributed by atoms with Gasteiger partial charge in [-0.05, 0) is 5.56 Å². The molecule has 1 heterocycles. The summed E-state index contributed by atoms with van der Waals surface area (Å²) in [5.74, 6) is 0. The lowest BCUT2D eigenvalue weighted by molar-refractivity contribution is 0.226. The zero-order valence-corrected chi connectivity index (χ0v) is 7.53. The molecule has 1 aromatic carbocycles. The maximum absolute atomic E-state index is 11.2. The van der Waals surface area contributed by atoms with Crippen LogP contribution in [0.5, 0.6) is 0 Å². The van der Waals surface area contributed by atoms with Crippen LogP contribution >= 0.6 is 0 Å². The third-order valence-corrected chi connectivity index (χ3v) is 2.30. The van der Waals surface area contributed by atoms with Crippen molar-refractivity contribution in [2.75, 3.05) is 13.6 Å². The normalized spacial score (nSPS) is 21.8. The van der Waals surface area contributed by atoms with Crippen molar-refractivity contribution in [3.8, 4) is 0 Å². The monoisotopic (exact) mass is 176 g/mol. The van der Waals surface area contributed by atoms with Crippen molar-refractivity contribution in [2.45, 2.75) is 6.04 Å². The molecule has 1 aliphatic rings. The summed E-state index contributed by atoms with van der Waals surface area (Å²) in [7, 11) is 1.80. The average molecular weight is 176 g/mol. The lowest BCUT2D eigenvalue weighted by Gasteiger charge is -2.08. The third-order valence-electron chi connectivity index (χ3n) is 2.30. The first kappa shape index (κ1) is 8.10. The summed E-state index contributed by atoms with van der Waals surface area (Å²) in [6.07, 6.45) is 0. The molecule has 1 saturated heterocycles. The molecule has 3 heteroatoms. The van der Waals surface area contributed by atoms with Gasteiger partial charge >= 0.3 is 6.03 Å². The van der Waals surface area contributed by atoms with Crippen molar-refractivity contribution >= 4 is 6.03 Å². The topological polar surface area (TPSA) is 32.3 Å². The molecule has 0 bridgehead atoms. The average Bonchev–Trinajstić information content (AvgIpc) is 2.49. The minimum absolute atomic E-state index is 0.00820. The van der Waals surface area contributed by atoms with Gasteiger partial charge in [0.1, 0.15) is 0 Å². The molecule has 0 spiro atoms. The predicted molar refractivity (Wildman–Crippen MR) is 50.3 cm³/mol. The SMILES string of the molecule is CN1CC(c2ccccc2)NC1=O. The van der Waals surface area contributed by atoms with Gasteiger partial charge in [0.05, 0.1) is 6.04 Å². The number of amides is 2. The molecule has 1 aromatic rings. The van der Waals surface area contributed by atoms with E-state index in [1.54, 1.807) is 11.9 Å². The molecule has 68 valence electrons. The fourth-order valence-corrected chi connectivity index (χ4v) is 1.54. The Morgan fingerprint density at radius 3 is 2.62 bits per heavy atom. The van der Waals surface area contributed by atoms with Crippen LogP contribution in [0.1, 0.15) is 11.6 Å². The van der Waals surface area contributed by atoms with Crippen LogP contribution in [0.3, 0.4) is 0 Å². The van der Waals surface area contributed by atoms with Crippen molar-refractivity contribution in [3.63, 3.8) is 0 Å². The molecule has 2 rings (SSSR count). The number of nitrogens with one attached hydrogen (secondary N) is 1. The summed E-state index contributed by atoms with van der Waals surface area (Å²) in [6, 6.07) is 10.2. The second-order valence-electron chi connectivity index (χ2n) is 3.29. The number of rotatable bonds is 1. The second kappa shape index (κ2) is 3.09. The highest BCUT2D eigenvalue weighted by Crippen LogP contribution is 2.18. The van der Waals surface area contributed by atoms with Gasteiger partial charge in [-0.3, -0.25) is 0 Å². The van der Waals surface area contributed by atoms with E-state index < -0.39 is 0 Å². The highest BCUT2D eigenvalue weighted by Gasteiger charge is 2.26. The lowest BCUT2D eigenvalue weighted by Crippen LogP contribution is -2.23. The summed E-state index contributed by atoms with van der Waals surface area (Å²) in [6.45, 7) is 0.753. The van der Waals surface area contributed by atoms with Gasteiger partial charge in [0, 0.05) is 13.6 Å². The molecule has 0 aromatic heterocycles. The Bertz CT molecular complexity index is 310. The maximum Gasteiger partial charge on any atom is 0.317 e. The number of carbonyl (C=O) groups excluding carboxylic acids is 1. The highest BCUT2D eigenvalue weighted by atomic mass is 16.2. The Morgan fingerprint density at radius 2 is 2.08 bits per heavy atom. The smallest absolute Gasteiger partial charge is 0.317 e. The summed E-state index contributed by atoms with van der Waals surface area (Å²) >= 11 is 0. The van der Waals surface area contributed by atoms with E-state index in [4.69, 9.17) is 0 Å². The minimum Gasteiger partial charge on any atom is -0.329 e. The maximum atomic E-state index is 11.2. The molecular formula is C10H12N2O. The molecule has 3 nitrogen and oxygen atoms in total. The Balaban J connectivity index is 2.17. The molecule has 2 amide bonds. The fraction of sp³-hybridized carbons (Fsp3) is 0.300. The van der Waals surface area contributed by atoms with Gasteiger partial charge in [-0.2, -0.15) is 0 Å². The largest absolute Gasteiger partial charge is 0.329 e. The van der Waals surface area contributed by atoms with Gasteiger partial charge in [0.2, 0.25) is 0 Å². The van der Waals surface area contributed by atoms with Crippen molar-refractivity contribution in [1.29, 1.82) is 0 Å². The van der Waals surface area contributed by atoms with E-state index in [1.165, 1.54) is 5.56 Å². The number of likely N-dealkylation sites (N-methyl/N-ethyl adjacent to an activating group) is 1. The van der Waals surface area contributed by atoms with Crippen LogP contribution < -0.4 is 5.32 Å². The molecule has 0 saturated carbocycles. The molecule has 1 unspecified atom stereocenters. The molecule has 13 heavy (non-hydrogen) atoms. The molecule has 1 N–H and O–H groups in total. The Hall–Kier alpha value is -1.51. The van der Waals surface area contributed by atoms with E-state index in [9.17, 15) is 4.79 Å². The molecular weight excluding hydrogens is 164 g/mol. The van der Waals surface area contributed by atoms with E-state index in [0.29, 0.717) is 0 Å². The second-order valence-corrected chi connectivity index (χ2v) is 3.29. The minimum atomic E-state index is 0.00820. The zero-order chi connectivity index (χ0) is 9.26.